The van der Waals surface area contributed by atoms with E-state index in [2.05, 4.69) is 6.07 Å². The van der Waals surface area contributed by atoms with E-state index < -0.39 is 11.2 Å². The van der Waals surface area contributed by atoms with Crippen LogP contribution in [0.2, 0.25) is 5.02 Å². The summed E-state index contributed by atoms with van der Waals surface area (Å²) in [6.07, 6.45) is 0.721. The van der Waals surface area contributed by atoms with Crippen molar-refractivity contribution in [1.82, 2.24) is 0 Å². The Morgan fingerprint density at radius 3 is 2.25 bits per heavy atom. The van der Waals surface area contributed by atoms with Crippen LogP contribution in [0.4, 0.5) is 0 Å². The van der Waals surface area contributed by atoms with Gasteiger partial charge < -0.3 is 9.84 Å². The Bertz CT molecular complexity index is 983. The fourth-order valence-corrected chi connectivity index (χ4v) is 4.19. The molecule has 0 saturated carbocycles. The maximum absolute atomic E-state index is 13.1. The number of carbonyl (C=O) groups is 1. The molecule has 0 aliphatic carbocycles. The Balaban J connectivity index is 2.19. The summed E-state index contributed by atoms with van der Waals surface area (Å²) >= 11 is 6.45. The Kier molecular flexibility index (Phi) is 5.20. The molecule has 0 fully saturated rings. The average molecular weight is 399 g/mol. The topological polar surface area (TPSA) is 46.5 Å². The lowest BCUT2D eigenvalue weighted by Gasteiger charge is -2.40. The van der Waals surface area contributed by atoms with E-state index in [1.807, 2.05) is 44.2 Å². The van der Waals surface area contributed by atoms with Crippen LogP contribution in [0.5, 0.6) is 0 Å². The number of Topliss-reactive ketones (excluding diaryl/α,β-unsaturated/α-hetero) is 1. The van der Waals surface area contributed by atoms with Crippen LogP contribution in [0.1, 0.15) is 51.3 Å². The molecule has 148 valence electrons. The van der Waals surface area contributed by atoms with Gasteiger partial charge in [0.25, 0.3) is 0 Å². The second-order valence-corrected chi connectivity index (χ2v) is 8.79. The number of hydrogen-bond acceptors (Lipinski definition) is 3. The lowest BCUT2D eigenvalue weighted by atomic mass is 9.81. The lowest BCUT2D eigenvalue weighted by Crippen LogP contribution is -2.49. The molecule has 3 nitrogen and oxygen atoms in total. The molecule has 28 heavy (non-hydrogen) atoms. The highest BCUT2D eigenvalue weighted by Gasteiger charge is 2.47. The summed E-state index contributed by atoms with van der Waals surface area (Å²) in [4.78, 5) is 13.1. The molecule has 1 aliphatic heterocycles. The van der Waals surface area contributed by atoms with Crippen molar-refractivity contribution in [2.75, 3.05) is 0 Å². The second kappa shape index (κ2) is 7.06. The normalized spacial score (nSPS) is 18.5. The van der Waals surface area contributed by atoms with Crippen molar-refractivity contribution in [2.24, 2.45) is 0 Å². The predicted molar refractivity (Wildman–Crippen MR) is 115 cm³/mol. The molecule has 0 atom stereocenters. The first-order chi connectivity index (χ1) is 13.0. The molecule has 2 aromatic carbocycles. The van der Waals surface area contributed by atoms with Crippen LogP contribution in [0.15, 0.2) is 42.2 Å². The number of ketones is 1. The highest BCUT2D eigenvalue weighted by molar-refractivity contribution is 6.33. The summed E-state index contributed by atoms with van der Waals surface area (Å²) in [5.74, 6) is -0.229. The third-order valence-corrected chi connectivity index (χ3v) is 5.60. The lowest BCUT2D eigenvalue weighted by molar-refractivity contribution is -0.158. The number of aliphatic hydroxyl groups excluding tert-OH is 1. The number of ether oxygens (including phenoxy) is 1. The van der Waals surface area contributed by atoms with E-state index in [1.54, 1.807) is 27.7 Å². The average Bonchev–Trinajstić information content (AvgIpc) is 2.60. The van der Waals surface area contributed by atoms with Crippen molar-refractivity contribution in [3.8, 4) is 11.1 Å². The van der Waals surface area contributed by atoms with E-state index in [-0.39, 0.29) is 11.5 Å². The summed E-state index contributed by atoms with van der Waals surface area (Å²) in [5.41, 5.74) is 3.19. The molecule has 1 aliphatic rings. The Hall–Kier alpha value is -2.10. The van der Waals surface area contributed by atoms with Gasteiger partial charge in [0.05, 0.1) is 5.57 Å². The maximum atomic E-state index is 13.1. The van der Waals surface area contributed by atoms with E-state index in [0.717, 1.165) is 34.2 Å². The summed E-state index contributed by atoms with van der Waals surface area (Å²) in [6.45, 7) is 11.1. The first-order valence-electron chi connectivity index (χ1n) is 9.56. The minimum atomic E-state index is -1.00. The van der Waals surface area contributed by atoms with Crippen LogP contribution < -0.4 is 0 Å². The fourth-order valence-electron chi connectivity index (χ4n) is 3.84. The Labute approximate surface area is 172 Å². The van der Waals surface area contributed by atoms with Crippen molar-refractivity contribution >= 4 is 23.0 Å². The number of aryl methyl sites for hydroxylation is 2. The predicted octanol–water partition coefficient (Wildman–Crippen LogP) is 6.30. The van der Waals surface area contributed by atoms with Gasteiger partial charge in [-0.15, -0.1) is 0 Å². The van der Waals surface area contributed by atoms with Crippen molar-refractivity contribution in [1.29, 1.82) is 0 Å². The zero-order chi connectivity index (χ0) is 20.9. The van der Waals surface area contributed by atoms with Crippen LogP contribution in [0, 0.1) is 6.92 Å². The first-order valence-corrected chi connectivity index (χ1v) is 9.94. The molecule has 0 unspecified atom stereocenters. The fraction of sp³-hybridized carbons (Fsp3) is 0.375. The zero-order valence-corrected chi connectivity index (χ0v) is 18.1. The van der Waals surface area contributed by atoms with Gasteiger partial charge in [0.2, 0.25) is 0 Å². The molecule has 0 amide bonds. The molecule has 3 rings (SSSR count). The molecule has 4 heteroatoms. The van der Waals surface area contributed by atoms with Crippen LogP contribution >= 0.6 is 11.6 Å². The third kappa shape index (κ3) is 3.49. The van der Waals surface area contributed by atoms with E-state index in [0.29, 0.717) is 10.6 Å². The molecular weight excluding hydrogens is 372 g/mol. The summed E-state index contributed by atoms with van der Waals surface area (Å²) in [6, 6.07) is 11.9. The minimum absolute atomic E-state index is 0.0207. The number of aliphatic hydroxyl groups is 1. The first kappa shape index (κ1) is 20.6. The van der Waals surface area contributed by atoms with Crippen molar-refractivity contribution in [2.45, 2.75) is 59.2 Å². The zero-order valence-electron chi connectivity index (χ0n) is 17.3. The standard InChI is InChI=1S/C24H27ClO3/c1-7-15-13-16(17-10-8-14(2)12-19(17)25)9-11-18(15)20-21(26)23(3,4)28-24(5,6)22(20)27/h8-13,26H,7H2,1-6H3. The van der Waals surface area contributed by atoms with Gasteiger partial charge in [-0.3, -0.25) is 4.79 Å². The minimum Gasteiger partial charge on any atom is -0.508 e. The van der Waals surface area contributed by atoms with Crippen LogP contribution in [-0.4, -0.2) is 22.1 Å². The summed E-state index contributed by atoms with van der Waals surface area (Å²) in [5, 5.41) is 11.5. The van der Waals surface area contributed by atoms with Crippen LogP contribution in [-0.2, 0) is 16.0 Å². The van der Waals surface area contributed by atoms with Gasteiger partial charge >= 0.3 is 0 Å². The number of carbonyl (C=O) groups excluding carboxylic acids is 1. The maximum Gasteiger partial charge on any atom is 0.198 e. The van der Waals surface area contributed by atoms with Gasteiger partial charge in [-0.1, -0.05) is 48.9 Å². The SMILES string of the molecule is CCc1cc(-c2ccc(C)cc2Cl)ccc1C1=C(O)C(C)(C)OC(C)(C)C1=O. The van der Waals surface area contributed by atoms with Gasteiger partial charge in [0.15, 0.2) is 5.78 Å². The van der Waals surface area contributed by atoms with Gasteiger partial charge in [-0.25, -0.2) is 0 Å². The second-order valence-electron chi connectivity index (χ2n) is 8.38. The van der Waals surface area contributed by atoms with Gasteiger partial charge in [0, 0.05) is 10.6 Å². The van der Waals surface area contributed by atoms with E-state index in [9.17, 15) is 9.90 Å². The highest BCUT2D eigenvalue weighted by Crippen LogP contribution is 2.41. The monoisotopic (exact) mass is 398 g/mol. The highest BCUT2D eigenvalue weighted by atomic mass is 35.5. The van der Waals surface area contributed by atoms with Crippen LogP contribution in [0.3, 0.4) is 0 Å². The molecule has 0 bridgehead atoms. The molecule has 1 N–H and O–H groups in total. The van der Waals surface area contributed by atoms with Crippen LogP contribution in [0.25, 0.3) is 16.7 Å². The number of hydrogen-bond donors (Lipinski definition) is 1. The molecule has 0 radical (unpaired) electrons. The van der Waals surface area contributed by atoms with Gasteiger partial charge in [-0.2, -0.15) is 0 Å². The molecule has 0 aromatic heterocycles. The smallest absolute Gasteiger partial charge is 0.198 e. The van der Waals surface area contributed by atoms with E-state index in [4.69, 9.17) is 16.3 Å². The van der Waals surface area contributed by atoms with Gasteiger partial charge in [0.1, 0.15) is 17.0 Å². The molecule has 2 aromatic rings. The molecule has 0 saturated heterocycles. The summed E-state index contributed by atoms with van der Waals surface area (Å²) in [7, 11) is 0. The van der Waals surface area contributed by atoms with E-state index >= 15 is 0 Å². The van der Waals surface area contributed by atoms with Crippen molar-refractivity contribution in [3.05, 3.63) is 63.9 Å². The number of benzene rings is 2. The van der Waals surface area contributed by atoms with Crippen molar-refractivity contribution in [3.63, 3.8) is 0 Å². The third-order valence-electron chi connectivity index (χ3n) is 5.28. The number of rotatable bonds is 3. The quantitative estimate of drug-likeness (QED) is 0.659. The Morgan fingerprint density at radius 2 is 1.64 bits per heavy atom. The Morgan fingerprint density at radius 1 is 1.00 bits per heavy atom. The van der Waals surface area contributed by atoms with Crippen molar-refractivity contribution < 1.29 is 14.6 Å². The largest absolute Gasteiger partial charge is 0.508 e. The molecular formula is C24H27ClO3. The molecule has 0 spiro atoms. The number of halogens is 1. The molecule has 1 heterocycles. The summed E-state index contributed by atoms with van der Waals surface area (Å²) < 4.78 is 5.86. The van der Waals surface area contributed by atoms with E-state index in [1.165, 1.54) is 0 Å². The van der Waals surface area contributed by atoms with Gasteiger partial charge in [-0.05, 0) is 69.4 Å².